The van der Waals surface area contributed by atoms with E-state index in [0.29, 0.717) is 13.0 Å². The van der Waals surface area contributed by atoms with Crippen LogP contribution in [-0.2, 0) is 9.59 Å². The largest absolute Gasteiger partial charge is 0.353 e. The first-order valence-electron chi connectivity index (χ1n) is 8.55. The minimum absolute atomic E-state index is 0.106. The lowest BCUT2D eigenvalue weighted by Gasteiger charge is -2.36. The molecule has 1 saturated heterocycles. The Hall–Kier alpha value is -1.63. The lowest BCUT2D eigenvalue weighted by atomic mass is 9.73. The van der Waals surface area contributed by atoms with E-state index >= 15 is 0 Å². The number of urea groups is 1. The molecule has 1 spiro atoms. The molecule has 4 amide bonds. The summed E-state index contributed by atoms with van der Waals surface area (Å²) in [6, 6.07) is -0.296. The normalized spacial score (nSPS) is 28.8. The zero-order valence-electron chi connectivity index (χ0n) is 14.3. The lowest BCUT2D eigenvalue weighted by Crippen LogP contribution is -2.54. The zero-order valence-corrected chi connectivity index (χ0v) is 14.3. The summed E-state index contributed by atoms with van der Waals surface area (Å²) in [6.07, 6.45) is 3.59. The van der Waals surface area contributed by atoms with Gasteiger partial charge >= 0.3 is 6.03 Å². The van der Waals surface area contributed by atoms with E-state index in [-0.39, 0.29) is 30.3 Å². The van der Waals surface area contributed by atoms with Gasteiger partial charge in [0, 0.05) is 12.6 Å². The Morgan fingerprint density at radius 3 is 2.83 bits per heavy atom. The highest BCUT2D eigenvalue weighted by Crippen LogP contribution is 2.38. The van der Waals surface area contributed by atoms with Crippen LogP contribution in [0, 0.1) is 5.92 Å². The first-order chi connectivity index (χ1) is 10.9. The number of rotatable bonds is 6. The molecule has 2 unspecified atom stereocenters. The summed E-state index contributed by atoms with van der Waals surface area (Å²) in [5, 5.41) is 8.81. The molecule has 0 aromatic heterocycles. The van der Waals surface area contributed by atoms with E-state index in [0.717, 1.165) is 30.7 Å². The van der Waals surface area contributed by atoms with Crippen LogP contribution in [0.1, 0.15) is 46.5 Å². The van der Waals surface area contributed by atoms with E-state index in [2.05, 4.69) is 16.0 Å². The summed E-state index contributed by atoms with van der Waals surface area (Å²) in [5.41, 5.74) is -0.799. The second-order valence-corrected chi connectivity index (χ2v) is 6.70. The predicted molar refractivity (Wildman–Crippen MR) is 86.8 cm³/mol. The van der Waals surface area contributed by atoms with Crippen molar-refractivity contribution in [2.45, 2.75) is 58.0 Å². The van der Waals surface area contributed by atoms with Crippen LogP contribution in [0.15, 0.2) is 0 Å². The molecule has 7 heteroatoms. The van der Waals surface area contributed by atoms with Gasteiger partial charge in [0.1, 0.15) is 12.1 Å². The Bertz CT molecular complexity index is 482. The fraction of sp³-hybridized carbons (Fsp3) is 0.812. The summed E-state index contributed by atoms with van der Waals surface area (Å²) < 4.78 is 0. The van der Waals surface area contributed by atoms with Gasteiger partial charge in [-0.1, -0.05) is 26.7 Å². The number of nitrogens with one attached hydrogen (secondary N) is 3. The van der Waals surface area contributed by atoms with Crippen molar-refractivity contribution < 1.29 is 14.4 Å². The van der Waals surface area contributed by atoms with Gasteiger partial charge in [0.25, 0.3) is 5.91 Å². The maximum Gasteiger partial charge on any atom is 0.325 e. The average Bonchev–Trinajstić information content (AvgIpc) is 2.74. The predicted octanol–water partition coefficient (Wildman–Crippen LogP) is 0.601. The van der Waals surface area contributed by atoms with Crippen molar-refractivity contribution in [3.63, 3.8) is 0 Å². The second-order valence-electron chi connectivity index (χ2n) is 6.70. The number of carbonyl (C=O) groups is 3. The fourth-order valence-electron chi connectivity index (χ4n) is 3.53. The molecule has 130 valence electrons. The number of likely N-dealkylation sites (N-methyl/N-ethyl adjacent to an activating group) is 1. The van der Waals surface area contributed by atoms with Gasteiger partial charge in [0.2, 0.25) is 5.91 Å². The third-order valence-electron chi connectivity index (χ3n) is 4.96. The van der Waals surface area contributed by atoms with Gasteiger partial charge in [-0.25, -0.2) is 4.79 Å². The molecule has 7 nitrogen and oxygen atoms in total. The molecule has 1 aliphatic heterocycles. The number of hydrogen-bond acceptors (Lipinski definition) is 4. The molecule has 0 aromatic carbocycles. The van der Waals surface area contributed by atoms with Crippen molar-refractivity contribution in [1.29, 1.82) is 0 Å². The van der Waals surface area contributed by atoms with E-state index in [4.69, 9.17) is 0 Å². The second kappa shape index (κ2) is 7.29. The van der Waals surface area contributed by atoms with Gasteiger partial charge in [-0.3, -0.25) is 14.5 Å². The number of imide groups is 1. The molecule has 1 aliphatic carbocycles. The molecule has 2 aliphatic rings. The highest BCUT2D eigenvalue weighted by atomic mass is 16.2. The molecular formula is C16H28N4O3. The van der Waals surface area contributed by atoms with Crippen LogP contribution < -0.4 is 16.0 Å². The highest BCUT2D eigenvalue weighted by Gasteiger charge is 2.55. The van der Waals surface area contributed by atoms with Gasteiger partial charge in [0.05, 0.1) is 0 Å². The molecule has 0 bridgehead atoms. The quantitative estimate of drug-likeness (QED) is 0.624. The van der Waals surface area contributed by atoms with Crippen LogP contribution in [0.4, 0.5) is 4.79 Å². The molecule has 0 aromatic rings. The van der Waals surface area contributed by atoms with Crippen LogP contribution in [-0.4, -0.2) is 54.0 Å². The molecule has 2 rings (SSSR count). The maximum atomic E-state index is 12.7. The Labute approximate surface area is 137 Å². The first-order valence-corrected chi connectivity index (χ1v) is 8.55. The van der Waals surface area contributed by atoms with E-state index in [1.807, 2.05) is 20.8 Å². The van der Waals surface area contributed by atoms with Crippen molar-refractivity contribution in [3.8, 4) is 0 Å². The fourth-order valence-corrected chi connectivity index (χ4v) is 3.53. The minimum atomic E-state index is -0.799. The number of hydrogen-bond donors (Lipinski definition) is 3. The molecule has 0 radical (unpaired) electrons. The van der Waals surface area contributed by atoms with Crippen LogP contribution in [0.25, 0.3) is 0 Å². The first kappa shape index (κ1) is 17.7. The topological polar surface area (TPSA) is 90.5 Å². The molecule has 1 saturated carbocycles. The van der Waals surface area contributed by atoms with Gasteiger partial charge in [-0.2, -0.15) is 0 Å². The van der Waals surface area contributed by atoms with Crippen molar-refractivity contribution in [1.82, 2.24) is 20.9 Å². The summed E-state index contributed by atoms with van der Waals surface area (Å²) in [6.45, 7) is 7.05. The van der Waals surface area contributed by atoms with Crippen molar-refractivity contribution >= 4 is 17.8 Å². The summed E-state index contributed by atoms with van der Waals surface area (Å²) in [7, 11) is 0. The summed E-state index contributed by atoms with van der Waals surface area (Å²) in [4.78, 5) is 38.0. The Kier molecular flexibility index (Phi) is 5.62. The Morgan fingerprint density at radius 2 is 2.17 bits per heavy atom. The van der Waals surface area contributed by atoms with Crippen molar-refractivity contribution in [2.24, 2.45) is 5.92 Å². The third kappa shape index (κ3) is 3.65. The van der Waals surface area contributed by atoms with E-state index < -0.39 is 11.6 Å². The van der Waals surface area contributed by atoms with Crippen LogP contribution in [0.5, 0.6) is 0 Å². The minimum Gasteiger partial charge on any atom is -0.353 e. The van der Waals surface area contributed by atoms with Crippen LogP contribution >= 0.6 is 0 Å². The Morgan fingerprint density at radius 1 is 1.43 bits per heavy atom. The van der Waals surface area contributed by atoms with Crippen molar-refractivity contribution in [2.75, 3.05) is 19.6 Å². The molecule has 23 heavy (non-hydrogen) atoms. The van der Waals surface area contributed by atoms with Crippen LogP contribution in [0.2, 0.25) is 0 Å². The van der Waals surface area contributed by atoms with E-state index in [9.17, 15) is 14.4 Å². The van der Waals surface area contributed by atoms with Crippen molar-refractivity contribution in [3.05, 3.63) is 0 Å². The smallest absolute Gasteiger partial charge is 0.325 e. The molecule has 2 fully saturated rings. The van der Waals surface area contributed by atoms with Gasteiger partial charge in [-0.15, -0.1) is 0 Å². The third-order valence-corrected chi connectivity index (χ3v) is 4.96. The summed E-state index contributed by atoms with van der Waals surface area (Å²) in [5.74, 6) is -0.446. The monoisotopic (exact) mass is 324 g/mol. The Balaban J connectivity index is 1.94. The number of amides is 4. The molecule has 3 N–H and O–H groups in total. The standard InChI is InChI=1S/C16H28N4O3/c1-4-17-12(3)9-18-13(21)10-20-14(22)16(19-15(20)23)8-6-5-7-11(16)2/h11-12,17H,4-10H2,1-3H3,(H,18,21)(H,19,23)/t11?,12-,16?/m1/s1. The maximum absolute atomic E-state index is 12.7. The van der Waals surface area contributed by atoms with Gasteiger partial charge < -0.3 is 16.0 Å². The molecule has 1 heterocycles. The molecular weight excluding hydrogens is 296 g/mol. The lowest BCUT2D eigenvalue weighted by molar-refractivity contribution is -0.137. The van der Waals surface area contributed by atoms with Gasteiger partial charge in [0.15, 0.2) is 0 Å². The summed E-state index contributed by atoms with van der Waals surface area (Å²) >= 11 is 0. The molecule has 3 atom stereocenters. The highest BCUT2D eigenvalue weighted by molar-refractivity contribution is 6.09. The SMILES string of the molecule is CCN[C@H](C)CNC(=O)CN1C(=O)NC2(CCCCC2C)C1=O. The average molecular weight is 324 g/mol. The number of nitrogens with zero attached hydrogens (tertiary/aromatic N) is 1. The zero-order chi connectivity index (χ0) is 17.0. The van der Waals surface area contributed by atoms with E-state index in [1.165, 1.54) is 0 Å². The van der Waals surface area contributed by atoms with E-state index in [1.54, 1.807) is 0 Å². The number of carbonyl (C=O) groups excluding carboxylic acids is 3. The van der Waals surface area contributed by atoms with Crippen LogP contribution in [0.3, 0.4) is 0 Å². The van der Waals surface area contributed by atoms with Gasteiger partial charge in [-0.05, 0) is 32.2 Å².